The second-order valence-electron chi connectivity index (χ2n) is 4.86. The summed E-state index contributed by atoms with van der Waals surface area (Å²) in [6.45, 7) is 0. The Bertz CT molecular complexity index is 869. The number of benzene rings is 2. The molecule has 1 amide bonds. The van der Waals surface area contributed by atoms with Crippen molar-refractivity contribution in [2.75, 3.05) is 19.6 Å². The highest BCUT2D eigenvalue weighted by atomic mass is 16.6. The molecule has 0 saturated heterocycles. The summed E-state index contributed by atoms with van der Waals surface area (Å²) in [6, 6.07) is 7.51. The van der Waals surface area contributed by atoms with Gasteiger partial charge in [-0.1, -0.05) is 0 Å². The fraction of sp³-hybridized carbons (Fsp3) is 0.133. The van der Waals surface area contributed by atoms with Crippen molar-refractivity contribution in [1.82, 2.24) is 5.43 Å². The van der Waals surface area contributed by atoms with Gasteiger partial charge in [-0.15, -0.1) is 0 Å². The molecule has 0 bridgehead atoms. The van der Waals surface area contributed by atoms with Crippen molar-refractivity contribution in [3.63, 3.8) is 0 Å². The maximum atomic E-state index is 12.3. The quantitative estimate of drug-likeness (QED) is 0.563. The third-order valence-electron chi connectivity index (χ3n) is 3.35. The number of ether oxygens (including phenoxy) is 2. The molecule has 0 aliphatic rings. The van der Waals surface area contributed by atoms with Crippen molar-refractivity contribution in [3.05, 3.63) is 62.2 Å². The number of methoxy groups -OCH3 is 2. The van der Waals surface area contributed by atoms with Gasteiger partial charge in [-0.3, -0.25) is 35.9 Å². The first-order chi connectivity index (χ1) is 12.4. The first kappa shape index (κ1) is 18.4. The normalized spacial score (nSPS) is 9.92. The number of carbonyl (C=O) groups is 1. The van der Waals surface area contributed by atoms with Crippen molar-refractivity contribution in [2.24, 2.45) is 0 Å². The van der Waals surface area contributed by atoms with E-state index >= 15 is 0 Å². The molecule has 0 aromatic heterocycles. The van der Waals surface area contributed by atoms with Gasteiger partial charge in [0.25, 0.3) is 11.6 Å². The summed E-state index contributed by atoms with van der Waals surface area (Å²) in [5.74, 6) is 0.0939. The van der Waals surface area contributed by atoms with Crippen LogP contribution in [0.3, 0.4) is 0 Å². The number of hydrogen-bond acceptors (Lipinski definition) is 8. The molecule has 26 heavy (non-hydrogen) atoms. The number of nitrogens with zero attached hydrogens (tertiary/aromatic N) is 2. The number of hydrogen-bond donors (Lipinski definition) is 2. The molecule has 0 radical (unpaired) electrons. The van der Waals surface area contributed by atoms with E-state index < -0.39 is 27.1 Å². The summed E-state index contributed by atoms with van der Waals surface area (Å²) in [7, 11) is 2.84. The second-order valence-corrected chi connectivity index (χ2v) is 4.86. The standard InChI is InChI=1S/C15H14N4O7/c1-25-10-4-5-11(14(8-10)26-2)15(20)17-16-12-6-3-9(18(21)22)7-13(12)19(23)24/h3-8,16H,1-2H3,(H,17,20). The molecule has 0 heterocycles. The number of non-ortho nitro benzene ring substituents is 1. The van der Waals surface area contributed by atoms with E-state index in [1.54, 1.807) is 6.07 Å². The molecule has 0 atom stereocenters. The first-order valence-electron chi connectivity index (χ1n) is 7.08. The van der Waals surface area contributed by atoms with Gasteiger partial charge in [-0.25, -0.2) is 0 Å². The molecule has 2 aromatic carbocycles. The van der Waals surface area contributed by atoms with Crippen LogP contribution in [0.5, 0.6) is 11.5 Å². The molecule has 0 spiro atoms. The molecule has 136 valence electrons. The highest BCUT2D eigenvalue weighted by molar-refractivity contribution is 5.98. The number of nitrogens with one attached hydrogen (secondary N) is 2. The highest BCUT2D eigenvalue weighted by Crippen LogP contribution is 2.29. The fourth-order valence-corrected chi connectivity index (χ4v) is 2.07. The van der Waals surface area contributed by atoms with Crippen LogP contribution in [0.2, 0.25) is 0 Å². The van der Waals surface area contributed by atoms with E-state index in [2.05, 4.69) is 10.9 Å². The van der Waals surface area contributed by atoms with E-state index in [0.717, 1.165) is 18.2 Å². The number of anilines is 1. The predicted molar refractivity (Wildman–Crippen MR) is 90.4 cm³/mol. The predicted octanol–water partition coefficient (Wildman–Crippen LogP) is 2.28. The Morgan fingerprint density at radius 3 is 2.31 bits per heavy atom. The smallest absolute Gasteiger partial charge is 0.300 e. The highest BCUT2D eigenvalue weighted by Gasteiger charge is 2.20. The summed E-state index contributed by atoms with van der Waals surface area (Å²) >= 11 is 0. The van der Waals surface area contributed by atoms with E-state index in [1.165, 1.54) is 26.4 Å². The molecule has 0 aliphatic carbocycles. The van der Waals surface area contributed by atoms with Crippen molar-refractivity contribution in [2.45, 2.75) is 0 Å². The molecular formula is C15H14N4O7. The maximum absolute atomic E-state index is 12.3. The second kappa shape index (κ2) is 7.79. The van der Waals surface area contributed by atoms with Crippen LogP contribution < -0.4 is 20.3 Å². The van der Waals surface area contributed by atoms with E-state index in [9.17, 15) is 25.0 Å². The first-order valence-corrected chi connectivity index (χ1v) is 7.08. The number of rotatable bonds is 7. The van der Waals surface area contributed by atoms with Crippen molar-refractivity contribution in [1.29, 1.82) is 0 Å². The lowest BCUT2D eigenvalue weighted by Gasteiger charge is -2.12. The molecule has 2 aromatic rings. The molecule has 0 unspecified atom stereocenters. The third kappa shape index (κ3) is 3.95. The lowest BCUT2D eigenvalue weighted by molar-refractivity contribution is -0.393. The molecule has 0 aliphatic heterocycles. The maximum Gasteiger partial charge on any atom is 0.300 e. The lowest BCUT2D eigenvalue weighted by Crippen LogP contribution is -2.30. The zero-order chi connectivity index (χ0) is 19.3. The zero-order valence-electron chi connectivity index (χ0n) is 13.7. The van der Waals surface area contributed by atoms with Crippen LogP contribution >= 0.6 is 0 Å². The monoisotopic (exact) mass is 362 g/mol. The summed E-state index contributed by atoms with van der Waals surface area (Å²) in [5.41, 5.74) is 3.73. The zero-order valence-corrected chi connectivity index (χ0v) is 13.7. The van der Waals surface area contributed by atoms with Crippen LogP contribution in [-0.4, -0.2) is 30.0 Å². The molecule has 11 heteroatoms. The Morgan fingerprint density at radius 1 is 1.00 bits per heavy atom. The number of nitro benzene ring substituents is 2. The van der Waals surface area contributed by atoms with E-state index in [0.29, 0.717) is 5.75 Å². The third-order valence-corrected chi connectivity index (χ3v) is 3.35. The van der Waals surface area contributed by atoms with Gasteiger partial charge in [0, 0.05) is 12.1 Å². The lowest BCUT2D eigenvalue weighted by atomic mass is 10.2. The SMILES string of the molecule is COc1ccc(C(=O)NNc2ccc([N+](=O)[O-])cc2[N+](=O)[O-])c(OC)c1. The van der Waals surface area contributed by atoms with Crippen LogP contribution in [0.4, 0.5) is 17.1 Å². The van der Waals surface area contributed by atoms with Gasteiger partial charge in [0.2, 0.25) is 0 Å². The Balaban J connectivity index is 2.22. The van der Waals surface area contributed by atoms with Gasteiger partial charge >= 0.3 is 5.69 Å². The van der Waals surface area contributed by atoms with Gasteiger partial charge < -0.3 is 9.47 Å². The van der Waals surface area contributed by atoms with Crippen LogP contribution in [0.25, 0.3) is 0 Å². The number of carbonyl (C=O) groups excluding carboxylic acids is 1. The van der Waals surface area contributed by atoms with Gasteiger partial charge in [0.1, 0.15) is 17.2 Å². The van der Waals surface area contributed by atoms with Crippen molar-refractivity contribution < 1.29 is 24.1 Å². The van der Waals surface area contributed by atoms with Crippen LogP contribution in [0, 0.1) is 20.2 Å². The van der Waals surface area contributed by atoms with E-state index in [4.69, 9.17) is 9.47 Å². The summed E-state index contributed by atoms with van der Waals surface area (Å²) < 4.78 is 10.1. The minimum absolute atomic E-state index is 0.110. The van der Waals surface area contributed by atoms with Crippen LogP contribution in [0.15, 0.2) is 36.4 Å². The Labute approximate surface area is 146 Å². The van der Waals surface area contributed by atoms with Gasteiger partial charge in [0.05, 0.1) is 35.7 Å². The molecule has 2 rings (SSSR count). The average molecular weight is 362 g/mol. The van der Waals surface area contributed by atoms with Crippen LogP contribution in [-0.2, 0) is 0 Å². The van der Waals surface area contributed by atoms with Crippen molar-refractivity contribution in [3.8, 4) is 11.5 Å². The van der Waals surface area contributed by atoms with Crippen LogP contribution in [0.1, 0.15) is 10.4 Å². The number of nitro groups is 2. The fourth-order valence-electron chi connectivity index (χ4n) is 2.07. The summed E-state index contributed by atoms with van der Waals surface area (Å²) in [5, 5.41) is 21.8. The van der Waals surface area contributed by atoms with E-state index in [1.807, 2.05) is 0 Å². The number of amides is 1. The van der Waals surface area contributed by atoms with Gasteiger partial charge in [-0.05, 0) is 18.2 Å². The van der Waals surface area contributed by atoms with E-state index in [-0.39, 0.29) is 17.0 Å². The summed E-state index contributed by atoms with van der Waals surface area (Å²) in [4.78, 5) is 32.5. The topological polar surface area (TPSA) is 146 Å². The molecule has 11 nitrogen and oxygen atoms in total. The van der Waals surface area contributed by atoms with Gasteiger partial charge in [0.15, 0.2) is 0 Å². The molecule has 2 N–H and O–H groups in total. The van der Waals surface area contributed by atoms with Crippen molar-refractivity contribution >= 4 is 23.0 Å². The largest absolute Gasteiger partial charge is 0.497 e. The molecule has 0 saturated carbocycles. The average Bonchev–Trinajstić information content (AvgIpc) is 2.65. The Morgan fingerprint density at radius 2 is 1.73 bits per heavy atom. The Kier molecular flexibility index (Phi) is 5.53. The minimum atomic E-state index is -0.796. The molecule has 0 fully saturated rings. The summed E-state index contributed by atoms with van der Waals surface area (Å²) in [6.07, 6.45) is 0. The minimum Gasteiger partial charge on any atom is -0.497 e. The Hall–Kier alpha value is -3.89. The number of hydrazine groups is 1. The van der Waals surface area contributed by atoms with Gasteiger partial charge in [-0.2, -0.15) is 0 Å². The molecular weight excluding hydrogens is 348 g/mol.